The molecule has 4 heteroatoms. The first kappa shape index (κ1) is 10.5. The van der Waals surface area contributed by atoms with Gasteiger partial charge in [-0.05, 0) is 37.3 Å². The quantitative estimate of drug-likeness (QED) is 0.731. The number of ketones is 1. The van der Waals surface area contributed by atoms with Crippen molar-refractivity contribution >= 4 is 5.78 Å². The lowest BCUT2D eigenvalue weighted by molar-refractivity contribution is 0.101. The van der Waals surface area contributed by atoms with E-state index in [0.29, 0.717) is 5.76 Å². The fourth-order valence-corrected chi connectivity index (χ4v) is 1.34. The van der Waals surface area contributed by atoms with Crippen LogP contribution in [0.5, 0.6) is 0 Å². The number of carbonyl (C=O) groups is 1. The van der Waals surface area contributed by atoms with Crippen molar-refractivity contribution in [2.45, 2.75) is 6.92 Å². The first-order valence-electron chi connectivity index (χ1n) is 4.64. The van der Waals surface area contributed by atoms with E-state index in [-0.39, 0.29) is 11.3 Å². The summed E-state index contributed by atoms with van der Waals surface area (Å²) in [5.74, 6) is -1.79. The molecule has 2 rings (SSSR count). The van der Waals surface area contributed by atoms with E-state index < -0.39 is 17.4 Å². The van der Waals surface area contributed by atoms with Gasteiger partial charge in [0, 0.05) is 5.56 Å². The number of halogens is 2. The first-order valence-corrected chi connectivity index (χ1v) is 4.64. The van der Waals surface area contributed by atoms with Crippen molar-refractivity contribution in [3.8, 4) is 0 Å². The topological polar surface area (TPSA) is 30.2 Å². The lowest BCUT2D eigenvalue weighted by Gasteiger charge is -1.98. The van der Waals surface area contributed by atoms with Crippen LogP contribution in [-0.4, -0.2) is 5.78 Å². The SMILES string of the molecule is Cc1ccc(C(=O)c2ccc(F)c(F)c2)o1. The fraction of sp³-hybridized carbons (Fsp3) is 0.0833. The number of rotatable bonds is 2. The molecule has 0 unspecified atom stereocenters. The van der Waals surface area contributed by atoms with Crippen LogP contribution in [0.1, 0.15) is 21.9 Å². The number of hydrogen-bond acceptors (Lipinski definition) is 2. The summed E-state index contributed by atoms with van der Waals surface area (Å²) < 4.78 is 30.7. The zero-order valence-electron chi connectivity index (χ0n) is 8.46. The molecule has 0 atom stereocenters. The van der Waals surface area contributed by atoms with Crippen LogP contribution >= 0.6 is 0 Å². The predicted molar refractivity (Wildman–Crippen MR) is 53.2 cm³/mol. The third-order valence-electron chi connectivity index (χ3n) is 2.15. The summed E-state index contributed by atoms with van der Waals surface area (Å²) in [7, 11) is 0. The number of hydrogen-bond donors (Lipinski definition) is 0. The third kappa shape index (κ3) is 1.86. The molecule has 0 aliphatic rings. The maximum absolute atomic E-state index is 12.9. The molecular formula is C12H8F2O2. The van der Waals surface area contributed by atoms with Gasteiger partial charge in [0.15, 0.2) is 17.4 Å². The number of benzene rings is 1. The molecule has 0 aliphatic heterocycles. The molecule has 2 nitrogen and oxygen atoms in total. The predicted octanol–water partition coefficient (Wildman–Crippen LogP) is 3.10. The van der Waals surface area contributed by atoms with E-state index in [4.69, 9.17) is 4.42 Å². The van der Waals surface area contributed by atoms with Crippen LogP contribution in [0.25, 0.3) is 0 Å². The van der Waals surface area contributed by atoms with Gasteiger partial charge in [-0.15, -0.1) is 0 Å². The largest absolute Gasteiger partial charge is 0.458 e. The van der Waals surface area contributed by atoms with Crippen LogP contribution in [0.2, 0.25) is 0 Å². The molecular weight excluding hydrogens is 214 g/mol. The molecule has 0 fully saturated rings. The van der Waals surface area contributed by atoms with Crippen LogP contribution < -0.4 is 0 Å². The maximum atomic E-state index is 12.9. The normalized spacial score (nSPS) is 10.4. The Morgan fingerprint density at radius 2 is 1.88 bits per heavy atom. The van der Waals surface area contributed by atoms with Crippen LogP contribution in [0.4, 0.5) is 8.78 Å². The molecule has 0 bridgehead atoms. The van der Waals surface area contributed by atoms with Crippen molar-refractivity contribution in [1.29, 1.82) is 0 Å². The van der Waals surface area contributed by atoms with E-state index >= 15 is 0 Å². The lowest BCUT2D eigenvalue weighted by Crippen LogP contribution is -2.01. The van der Waals surface area contributed by atoms with Crippen LogP contribution in [0.15, 0.2) is 34.7 Å². The van der Waals surface area contributed by atoms with E-state index in [2.05, 4.69) is 0 Å². The summed E-state index contributed by atoms with van der Waals surface area (Å²) in [6.07, 6.45) is 0. The van der Waals surface area contributed by atoms with Gasteiger partial charge >= 0.3 is 0 Å². The van der Waals surface area contributed by atoms with Crippen LogP contribution in [0, 0.1) is 18.6 Å². The second-order valence-corrected chi connectivity index (χ2v) is 3.37. The summed E-state index contributed by atoms with van der Waals surface area (Å²) in [6.45, 7) is 1.70. The highest BCUT2D eigenvalue weighted by Gasteiger charge is 2.14. The highest BCUT2D eigenvalue weighted by Crippen LogP contribution is 2.15. The molecule has 16 heavy (non-hydrogen) atoms. The third-order valence-corrected chi connectivity index (χ3v) is 2.15. The Balaban J connectivity index is 2.38. The van der Waals surface area contributed by atoms with Crippen molar-refractivity contribution in [3.05, 3.63) is 59.1 Å². The average molecular weight is 222 g/mol. The molecule has 0 aliphatic carbocycles. The molecule has 0 N–H and O–H groups in total. The Bertz CT molecular complexity index is 544. The average Bonchev–Trinajstić information content (AvgIpc) is 2.68. The minimum Gasteiger partial charge on any atom is -0.458 e. The molecule has 0 spiro atoms. The van der Waals surface area contributed by atoms with E-state index in [9.17, 15) is 13.6 Å². The molecule has 1 heterocycles. The Hall–Kier alpha value is -1.97. The lowest BCUT2D eigenvalue weighted by atomic mass is 10.1. The van der Waals surface area contributed by atoms with Gasteiger partial charge < -0.3 is 4.42 Å². The van der Waals surface area contributed by atoms with Gasteiger partial charge in [0.25, 0.3) is 0 Å². The molecule has 82 valence electrons. The highest BCUT2D eigenvalue weighted by molar-refractivity contribution is 6.07. The van der Waals surface area contributed by atoms with Crippen molar-refractivity contribution in [3.63, 3.8) is 0 Å². The van der Waals surface area contributed by atoms with Gasteiger partial charge in [0.05, 0.1) is 0 Å². The Labute approximate surface area is 90.5 Å². The van der Waals surface area contributed by atoms with Gasteiger partial charge in [-0.3, -0.25) is 4.79 Å². The summed E-state index contributed by atoms with van der Waals surface area (Å²) in [5.41, 5.74) is 0.0632. The molecule has 0 radical (unpaired) electrons. The molecule has 0 saturated carbocycles. The smallest absolute Gasteiger partial charge is 0.228 e. The standard InChI is InChI=1S/C12H8F2O2/c1-7-2-5-11(16-7)12(15)8-3-4-9(13)10(14)6-8/h2-6H,1H3. The van der Waals surface area contributed by atoms with Gasteiger partial charge in [-0.2, -0.15) is 0 Å². The fourth-order valence-electron chi connectivity index (χ4n) is 1.34. The van der Waals surface area contributed by atoms with E-state index in [1.807, 2.05) is 0 Å². The number of carbonyl (C=O) groups excluding carboxylic acids is 1. The molecule has 0 amide bonds. The van der Waals surface area contributed by atoms with Crippen molar-refractivity contribution in [2.75, 3.05) is 0 Å². The Kier molecular flexibility index (Phi) is 2.56. The summed E-state index contributed by atoms with van der Waals surface area (Å²) in [5, 5.41) is 0. The Morgan fingerprint density at radius 1 is 1.12 bits per heavy atom. The van der Waals surface area contributed by atoms with Crippen molar-refractivity contribution in [2.24, 2.45) is 0 Å². The van der Waals surface area contributed by atoms with E-state index in [1.54, 1.807) is 13.0 Å². The number of furan rings is 1. The zero-order chi connectivity index (χ0) is 11.7. The second kappa shape index (κ2) is 3.89. The van der Waals surface area contributed by atoms with Gasteiger partial charge in [0.2, 0.25) is 5.78 Å². The molecule has 2 aromatic rings. The van der Waals surface area contributed by atoms with Crippen LogP contribution in [0.3, 0.4) is 0 Å². The van der Waals surface area contributed by atoms with E-state index in [0.717, 1.165) is 12.1 Å². The van der Waals surface area contributed by atoms with Crippen LogP contribution in [-0.2, 0) is 0 Å². The monoisotopic (exact) mass is 222 g/mol. The minimum atomic E-state index is -1.05. The highest BCUT2D eigenvalue weighted by atomic mass is 19.2. The van der Waals surface area contributed by atoms with E-state index in [1.165, 1.54) is 12.1 Å². The summed E-state index contributed by atoms with van der Waals surface area (Å²) >= 11 is 0. The zero-order valence-corrected chi connectivity index (χ0v) is 8.46. The Morgan fingerprint density at radius 3 is 2.44 bits per heavy atom. The van der Waals surface area contributed by atoms with Crippen molar-refractivity contribution in [1.82, 2.24) is 0 Å². The van der Waals surface area contributed by atoms with Crippen molar-refractivity contribution < 1.29 is 18.0 Å². The van der Waals surface area contributed by atoms with Gasteiger partial charge in [-0.1, -0.05) is 0 Å². The maximum Gasteiger partial charge on any atom is 0.228 e. The van der Waals surface area contributed by atoms with Gasteiger partial charge in [-0.25, -0.2) is 8.78 Å². The molecule has 0 saturated heterocycles. The molecule has 1 aromatic carbocycles. The number of aryl methyl sites for hydroxylation is 1. The summed E-state index contributed by atoms with van der Waals surface area (Å²) in [4.78, 5) is 11.7. The molecule has 1 aromatic heterocycles. The first-order chi connectivity index (χ1) is 7.58. The second-order valence-electron chi connectivity index (χ2n) is 3.37. The van der Waals surface area contributed by atoms with Gasteiger partial charge in [0.1, 0.15) is 5.76 Å². The summed E-state index contributed by atoms with van der Waals surface area (Å²) in [6, 6.07) is 6.12. The minimum absolute atomic E-state index is 0.0632.